The molecule has 1 N–H and O–H groups in total. The summed E-state index contributed by atoms with van der Waals surface area (Å²) in [4.78, 5) is 34.7. The Hall–Kier alpha value is -1.85. The van der Waals surface area contributed by atoms with E-state index in [0.717, 1.165) is 38.5 Å². The van der Waals surface area contributed by atoms with Crippen LogP contribution in [0.1, 0.15) is 72.6 Å². The molecule has 0 spiro atoms. The van der Waals surface area contributed by atoms with Crippen molar-refractivity contribution in [3.05, 3.63) is 12.3 Å². The van der Waals surface area contributed by atoms with Gasteiger partial charge in [0.1, 0.15) is 6.10 Å². The standard InChI is InChI=1S/C23H34O6/c1-14(24)28-12-9-20-18-6-5-16-13-17(29-15(2)25)7-10-22(16,3)19(18)8-11-23(20,4)21(26)27/h9,12,16-20H,5-8,10-11,13H2,1-4H3,(H,26,27)/t16-,17-,18+,19-,20-,22-,23+/m0/s1. The topological polar surface area (TPSA) is 89.9 Å². The van der Waals surface area contributed by atoms with Gasteiger partial charge in [0.15, 0.2) is 0 Å². The van der Waals surface area contributed by atoms with Crippen molar-refractivity contribution in [3.63, 3.8) is 0 Å². The molecule has 29 heavy (non-hydrogen) atoms. The minimum Gasteiger partial charge on any atom is -0.481 e. The second-order valence-corrected chi connectivity index (χ2v) is 9.78. The lowest BCUT2D eigenvalue weighted by atomic mass is 9.45. The molecular weight excluding hydrogens is 372 g/mol. The Labute approximate surface area is 173 Å². The molecule has 0 heterocycles. The highest BCUT2D eigenvalue weighted by Crippen LogP contribution is 2.63. The Morgan fingerprint density at radius 3 is 2.34 bits per heavy atom. The zero-order valence-corrected chi connectivity index (χ0v) is 18.0. The van der Waals surface area contributed by atoms with Crippen LogP contribution in [-0.4, -0.2) is 29.1 Å². The summed E-state index contributed by atoms with van der Waals surface area (Å²) in [6, 6.07) is 0. The lowest BCUT2D eigenvalue weighted by Gasteiger charge is -2.60. The van der Waals surface area contributed by atoms with E-state index in [1.807, 2.05) is 13.0 Å². The van der Waals surface area contributed by atoms with E-state index in [2.05, 4.69) is 6.92 Å². The van der Waals surface area contributed by atoms with E-state index in [1.54, 1.807) is 0 Å². The van der Waals surface area contributed by atoms with Gasteiger partial charge in [-0.25, -0.2) is 0 Å². The third-order valence-electron chi connectivity index (χ3n) is 8.21. The van der Waals surface area contributed by atoms with Crippen LogP contribution in [0.4, 0.5) is 0 Å². The molecule has 0 amide bonds. The number of fused-ring (bicyclic) bond motifs is 3. The molecule has 3 aliphatic rings. The van der Waals surface area contributed by atoms with Gasteiger partial charge in [0.2, 0.25) is 0 Å². The average molecular weight is 407 g/mol. The first kappa shape index (κ1) is 21.8. The molecule has 0 saturated heterocycles. The summed E-state index contributed by atoms with van der Waals surface area (Å²) in [5.74, 6) is -0.375. The van der Waals surface area contributed by atoms with Crippen LogP contribution in [0.2, 0.25) is 0 Å². The van der Waals surface area contributed by atoms with E-state index in [0.29, 0.717) is 18.3 Å². The number of esters is 2. The van der Waals surface area contributed by atoms with Gasteiger partial charge in [-0.2, -0.15) is 0 Å². The number of carbonyl (C=O) groups excluding carboxylic acids is 2. The SMILES string of the molecule is CC(=O)OC=C[C@H]1[C@@H]2CC[C@H]3C[C@@H](OC(C)=O)CC[C@]3(C)[C@H]2CC[C@@]1(C)C(=O)O. The van der Waals surface area contributed by atoms with Crippen molar-refractivity contribution in [1.29, 1.82) is 0 Å². The number of hydrogen-bond acceptors (Lipinski definition) is 5. The predicted molar refractivity (Wildman–Crippen MR) is 107 cm³/mol. The van der Waals surface area contributed by atoms with E-state index < -0.39 is 17.4 Å². The summed E-state index contributed by atoms with van der Waals surface area (Å²) in [7, 11) is 0. The maximum Gasteiger partial charge on any atom is 0.309 e. The molecule has 6 nitrogen and oxygen atoms in total. The van der Waals surface area contributed by atoms with Crippen LogP contribution in [0.3, 0.4) is 0 Å². The van der Waals surface area contributed by atoms with E-state index in [9.17, 15) is 19.5 Å². The number of carboxylic acid groups (broad SMARTS) is 1. The van der Waals surface area contributed by atoms with Gasteiger partial charge in [-0.1, -0.05) is 6.92 Å². The van der Waals surface area contributed by atoms with Gasteiger partial charge in [-0.3, -0.25) is 14.4 Å². The summed E-state index contributed by atoms with van der Waals surface area (Å²) < 4.78 is 10.5. The normalized spacial score (nSPS) is 41.9. The molecule has 0 aromatic carbocycles. The lowest BCUT2D eigenvalue weighted by molar-refractivity contribution is -0.168. The van der Waals surface area contributed by atoms with Gasteiger partial charge in [-0.15, -0.1) is 0 Å². The van der Waals surface area contributed by atoms with Crippen molar-refractivity contribution in [2.24, 2.45) is 34.5 Å². The Morgan fingerprint density at radius 2 is 1.72 bits per heavy atom. The smallest absolute Gasteiger partial charge is 0.309 e. The summed E-state index contributed by atoms with van der Waals surface area (Å²) in [5, 5.41) is 9.99. The molecule has 3 aliphatic carbocycles. The fourth-order valence-corrected chi connectivity index (χ4v) is 6.63. The van der Waals surface area contributed by atoms with Crippen LogP contribution < -0.4 is 0 Å². The lowest BCUT2D eigenvalue weighted by Crippen LogP contribution is -2.55. The number of rotatable bonds is 4. The molecule has 3 saturated carbocycles. The first-order chi connectivity index (χ1) is 13.6. The molecule has 7 atom stereocenters. The largest absolute Gasteiger partial charge is 0.481 e. The highest BCUT2D eigenvalue weighted by Gasteiger charge is 2.58. The van der Waals surface area contributed by atoms with Crippen molar-refractivity contribution < 1.29 is 29.0 Å². The Bertz CT molecular complexity index is 699. The van der Waals surface area contributed by atoms with Crippen molar-refractivity contribution in [2.75, 3.05) is 0 Å². The zero-order valence-electron chi connectivity index (χ0n) is 18.0. The molecular formula is C23H34O6. The number of ether oxygens (including phenoxy) is 2. The van der Waals surface area contributed by atoms with E-state index >= 15 is 0 Å². The first-order valence-electron chi connectivity index (χ1n) is 10.8. The Balaban J connectivity index is 1.84. The fourth-order valence-electron chi connectivity index (χ4n) is 6.63. The highest BCUT2D eigenvalue weighted by atomic mass is 16.5. The van der Waals surface area contributed by atoms with Crippen LogP contribution >= 0.6 is 0 Å². The van der Waals surface area contributed by atoms with Crippen LogP contribution in [0, 0.1) is 34.5 Å². The summed E-state index contributed by atoms with van der Waals surface area (Å²) >= 11 is 0. The minimum absolute atomic E-state index is 0.00894. The van der Waals surface area contributed by atoms with Crippen LogP contribution in [0.15, 0.2) is 12.3 Å². The summed E-state index contributed by atoms with van der Waals surface area (Å²) in [6.45, 7) is 7.01. The molecule has 6 heteroatoms. The number of hydrogen-bond donors (Lipinski definition) is 1. The Morgan fingerprint density at radius 1 is 1.00 bits per heavy atom. The van der Waals surface area contributed by atoms with E-state index in [-0.39, 0.29) is 29.3 Å². The van der Waals surface area contributed by atoms with Crippen molar-refractivity contribution in [3.8, 4) is 0 Å². The van der Waals surface area contributed by atoms with Crippen LogP contribution in [-0.2, 0) is 23.9 Å². The molecule has 0 unspecified atom stereocenters. The van der Waals surface area contributed by atoms with Gasteiger partial charge in [0.25, 0.3) is 0 Å². The second-order valence-electron chi connectivity index (χ2n) is 9.78. The van der Waals surface area contributed by atoms with Crippen molar-refractivity contribution >= 4 is 17.9 Å². The van der Waals surface area contributed by atoms with Crippen LogP contribution in [0.25, 0.3) is 0 Å². The van der Waals surface area contributed by atoms with Gasteiger partial charge in [0.05, 0.1) is 11.7 Å². The molecule has 3 fully saturated rings. The maximum absolute atomic E-state index is 12.2. The number of carboxylic acids is 1. The van der Waals surface area contributed by atoms with Gasteiger partial charge in [-0.05, 0) is 87.0 Å². The van der Waals surface area contributed by atoms with Crippen LogP contribution in [0.5, 0.6) is 0 Å². The van der Waals surface area contributed by atoms with E-state index in [1.165, 1.54) is 20.1 Å². The van der Waals surface area contributed by atoms with Gasteiger partial charge >= 0.3 is 17.9 Å². The summed E-state index contributed by atoms with van der Waals surface area (Å²) in [6.07, 6.45) is 9.49. The monoisotopic (exact) mass is 406 g/mol. The number of allylic oxidation sites excluding steroid dienone is 1. The zero-order chi connectivity index (χ0) is 21.4. The average Bonchev–Trinajstić information content (AvgIpc) is 2.63. The Kier molecular flexibility index (Phi) is 6.11. The molecule has 0 radical (unpaired) electrons. The maximum atomic E-state index is 12.2. The van der Waals surface area contributed by atoms with Gasteiger partial charge in [0, 0.05) is 13.8 Å². The molecule has 0 aliphatic heterocycles. The van der Waals surface area contributed by atoms with Gasteiger partial charge < -0.3 is 14.6 Å². The van der Waals surface area contributed by atoms with E-state index in [4.69, 9.17) is 9.47 Å². The molecule has 0 aromatic rings. The summed E-state index contributed by atoms with van der Waals surface area (Å²) in [5.41, 5.74) is -0.719. The molecule has 162 valence electrons. The fraction of sp³-hybridized carbons (Fsp3) is 0.783. The van der Waals surface area contributed by atoms with Crippen molar-refractivity contribution in [2.45, 2.75) is 78.7 Å². The van der Waals surface area contributed by atoms with Crippen molar-refractivity contribution in [1.82, 2.24) is 0 Å². The second kappa shape index (κ2) is 8.11. The molecule has 3 rings (SSSR count). The predicted octanol–water partition coefficient (Wildman–Crippen LogP) is 4.33. The quantitative estimate of drug-likeness (QED) is 0.552. The number of carbonyl (C=O) groups is 3. The minimum atomic E-state index is -0.851. The molecule has 0 aromatic heterocycles. The first-order valence-corrected chi connectivity index (χ1v) is 10.8. The third kappa shape index (κ3) is 4.08. The third-order valence-corrected chi connectivity index (χ3v) is 8.21. The number of aliphatic carboxylic acids is 1. The molecule has 0 bridgehead atoms. The highest BCUT2D eigenvalue weighted by molar-refractivity contribution is 5.75.